The summed E-state index contributed by atoms with van der Waals surface area (Å²) < 4.78 is 0. The first-order valence-corrected chi connectivity index (χ1v) is 5.40. The number of fused-ring (bicyclic) bond motifs is 1. The fraction of sp³-hybridized carbons (Fsp3) is 0.500. The lowest BCUT2D eigenvalue weighted by Crippen LogP contribution is -1.77. The molecule has 0 nitrogen and oxygen atoms in total. The van der Waals surface area contributed by atoms with E-state index in [1.54, 1.807) is 11.1 Å². The molecule has 0 aromatic carbocycles. The van der Waals surface area contributed by atoms with Gasteiger partial charge in [0, 0.05) is 15.9 Å². The van der Waals surface area contributed by atoms with Gasteiger partial charge in [-0.25, -0.2) is 0 Å². The first-order chi connectivity index (χ1) is 4.79. The average Bonchev–Trinajstić information content (AvgIpc) is 2.41. The summed E-state index contributed by atoms with van der Waals surface area (Å²) in [5, 5.41) is 3.06. The summed E-state index contributed by atoms with van der Waals surface area (Å²) in [7, 11) is 0. The van der Waals surface area contributed by atoms with Gasteiger partial charge in [0.2, 0.25) is 0 Å². The summed E-state index contributed by atoms with van der Waals surface area (Å²) in [6, 6.07) is 0. The summed E-state index contributed by atoms with van der Waals surface area (Å²) in [6.07, 6.45) is 0. The monoisotopic (exact) mass is 170 g/mol. The van der Waals surface area contributed by atoms with E-state index in [4.69, 9.17) is 0 Å². The number of hydrogen-bond acceptors (Lipinski definition) is 2. The highest BCUT2D eigenvalue weighted by atomic mass is 32.2. The van der Waals surface area contributed by atoms with E-state index >= 15 is 0 Å². The minimum atomic E-state index is 0.750. The Bertz CT molecular complexity index is 250. The van der Waals surface area contributed by atoms with Gasteiger partial charge in [-0.3, -0.25) is 0 Å². The van der Waals surface area contributed by atoms with E-state index < -0.39 is 0 Å². The van der Waals surface area contributed by atoms with Crippen LogP contribution in [0.2, 0.25) is 0 Å². The number of thiophene rings is 1. The zero-order valence-electron chi connectivity index (χ0n) is 6.18. The molecule has 1 aliphatic heterocycles. The molecule has 0 aliphatic carbocycles. The molecule has 2 rings (SSSR count). The fourth-order valence-electron chi connectivity index (χ4n) is 1.32. The Kier molecular flexibility index (Phi) is 1.53. The third-order valence-electron chi connectivity index (χ3n) is 2.05. The van der Waals surface area contributed by atoms with Crippen LogP contribution in [-0.4, -0.2) is 0 Å². The van der Waals surface area contributed by atoms with Crippen LogP contribution in [0.25, 0.3) is 0 Å². The molecule has 0 fully saturated rings. The summed E-state index contributed by atoms with van der Waals surface area (Å²) in [5.74, 6) is 1.24. The van der Waals surface area contributed by atoms with E-state index in [1.807, 2.05) is 11.3 Å². The molecule has 1 atom stereocenters. The van der Waals surface area contributed by atoms with Crippen molar-refractivity contribution < 1.29 is 0 Å². The Hall–Kier alpha value is 0.0500. The second kappa shape index (κ2) is 2.28. The van der Waals surface area contributed by atoms with Crippen molar-refractivity contribution in [1.29, 1.82) is 0 Å². The minimum absolute atomic E-state index is 0.750. The summed E-state index contributed by atoms with van der Waals surface area (Å²) in [5.41, 5.74) is 3.20. The highest BCUT2D eigenvalue weighted by Crippen LogP contribution is 2.44. The quantitative estimate of drug-likeness (QED) is 0.575. The molecule has 0 radical (unpaired) electrons. The lowest BCUT2D eigenvalue weighted by atomic mass is 10.1. The van der Waals surface area contributed by atoms with Crippen LogP contribution < -0.4 is 0 Å². The molecule has 1 aromatic heterocycles. The molecular formula is C8H10S2. The number of aryl methyl sites for hydroxylation is 1. The Morgan fingerprint density at radius 1 is 1.60 bits per heavy atom. The molecule has 1 aromatic rings. The molecule has 1 unspecified atom stereocenters. The maximum atomic E-state index is 2.31. The zero-order valence-corrected chi connectivity index (χ0v) is 7.81. The highest BCUT2D eigenvalue weighted by molar-refractivity contribution is 7.99. The second-order valence-corrected chi connectivity index (χ2v) is 5.09. The van der Waals surface area contributed by atoms with Crippen molar-refractivity contribution in [3.63, 3.8) is 0 Å². The summed E-state index contributed by atoms with van der Waals surface area (Å²) in [4.78, 5) is 1.52. The standard InChI is InChI=1S/C8H10S2/c1-5-7-3-10-6(2)8(7)4-9-5/h3,5H,4H2,1-2H3. The van der Waals surface area contributed by atoms with Crippen molar-refractivity contribution in [1.82, 2.24) is 0 Å². The molecule has 54 valence electrons. The lowest BCUT2D eigenvalue weighted by molar-refractivity contribution is 1.12. The van der Waals surface area contributed by atoms with Crippen molar-refractivity contribution in [2.75, 3.05) is 0 Å². The molecule has 0 spiro atoms. The molecular weight excluding hydrogens is 160 g/mol. The number of thioether (sulfide) groups is 1. The van der Waals surface area contributed by atoms with Gasteiger partial charge in [0.05, 0.1) is 0 Å². The van der Waals surface area contributed by atoms with E-state index in [9.17, 15) is 0 Å². The van der Waals surface area contributed by atoms with Crippen LogP contribution in [0.3, 0.4) is 0 Å². The SMILES string of the molecule is Cc1scc2c1CSC2C. The van der Waals surface area contributed by atoms with Gasteiger partial charge in [0.15, 0.2) is 0 Å². The third kappa shape index (κ3) is 0.823. The Labute approximate surface area is 69.6 Å². The minimum Gasteiger partial charge on any atom is -0.149 e. The van der Waals surface area contributed by atoms with Crippen molar-refractivity contribution in [3.8, 4) is 0 Å². The molecule has 0 saturated heterocycles. The van der Waals surface area contributed by atoms with E-state index in [-0.39, 0.29) is 0 Å². The van der Waals surface area contributed by atoms with Gasteiger partial charge in [0.1, 0.15) is 0 Å². The summed E-state index contributed by atoms with van der Waals surface area (Å²) >= 11 is 3.95. The van der Waals surface area contributed by atoms with Crippen molar-refractivity contribution in [2.24, 2.45) is 0 Å². The second-order valence-electron chi connectivity index (χ2n) is 2.68. The topological polar surface area (TPSA) is 0 Å². The van der Waals surface area contributed by atoms with E-state index in [1.165, 1.54) is 10.6 Å². The maximum Gasteiger partial charge on any atom is 0.0283 e. The molecule has 0 N–H and O–H groups in total. The molecule has 10 heavy (non-hydrogen) atoms. The first kappa shape index (κ1) is 6.74. The van der Waals surface area contributed by atoms with Crippen LogP contribution in [0.4, 0.5) is 0 Å². The Morgan fingerprint density at radius 3 is 3.10 bits per heavy atom. The van der Waals surface area contributed by atoms with Gasteiger partial charge >= 0.3 is 0 Å². The van der Waals surface area contributed by atoms with Gasteiger partial charge in [0.25, 0.3) is 0 Å². The number of hydrogen-bond donors (Lipinski definition) is 0. The smallest absolute Gasteiger partial charge is 0.0283 e. The zero-order chi connectivity index (χ0) is 7.14. The van der Waals surface area contributed by atoms with Gasteiger partial charge < -0.3 is 0 Å². The van der Waals surface area contributed by atoms with Crippen LogP contribution in [-0.2, 0) is 5.75 Å². The van der Waals surface area contributed by atoms with Crippen molar-refractivity contribution in [3.05, 3.63) is 21.4 Å². The van der Waals surface area contributed by atoms with Crippen LogP contribution in [0, 0.1) is 6.92 Å². The molecule has 0 saturated carbocycles. The average molecular weight is 170 g/mol. The van der Waals surface area contributed by atoms with Gasteiger partial charge in [-0.05, 0) is 30.4 Å². The molecule has 0 amide bonds. The Morgan fingerprint density at radius 2 is 2.40 bits per heavy atom. The van der Waals surface area contributed by atoms with Crippen LogP contribution in [0.15, 0.2) is 5.38 Å². The van der Waals surface area contributed by atoms with Crippen LogP contribution in [0.5, 0.6) is 0 Å². The van der Waals surface area contributed by atoms with E-state index in [0.29, 0.717) is 0 Å². The van der Waals surface area contributed by atoms with Gasteiger partial charge in [-0.2, -0.15) is 0 Å². The Balaban J connectivity index is 2.53. The molecule has 1 aliphatic rings. The fourth-order valence-corrected chi connectivity index (χ4v) is 3.67. The van der Waals surface area contributed by atoms with Gasteiger partial charge in [-0.15, -0.1) is 23.1 Å². The van der Waals surface area contributed by atoms with Crippen LogP contribution in [0.1, 0.15) is 28.2 Å². The molecule has 0 bridgehead atoms. The predicted molar refractivity (Wildman–Crippen MR) is 48.8 cm³/mol. The number of rotatable bonds is 0. The normalized spacial score (nSPS) is 23.2. The van der Waals surface area contributed by atoms with Crippen molar-refractivity contribution >= 4 is 23.1 Å². The first-order valence-electron chi connectivity index (χ1n) is 3.47. The third-order valence-corrected chi connectivity index (χ3v) is 4.23. The largest absolute Gasteiger partial charge is 0.149 e. The van der Waals surface area contributed by atoms with Crippen LogP contribution >= 0.6 is 23.1 Å². The molecule has 2 heterocycles. The van der Waals surface area contributed by atoms with Crippen molar-refractivity contribution in [2.45, 2.75) is 24.9 Å². The van der Waals surface area contributed by atoms with E-state index in [0.717, 1.165) is 5.25 Å². The highest BCUT2D eigenvalue weighted by Gasteiger charge is 2.21. The van der Waals surface area contributed by atoms with Gasteiger partial charge in [-0.1, -0.05) is 0 Å². The van der Waals surface area contributed by atoms with E-state index in [2.05, 4.69) is 31.0 Å². The molecule has 2 heteroatoms. The lowest BCUT2D eigenvalue weighted by Gasteiger charge is -1.95. The maximum absolute atomic E-state index is 2.31. The summed E-state index contributed by atoms with van der Waals surface area (Å²) in [6.45, 7) is 4.52. The predicted octanol–water partition coefficient (Wildman–Crippen LogP) is 3.36.